The van der Waals surface area contributed by atoms with Crippen molar-refractivity contribution in [3.05, 3.63) is 66.5 Å². The maximum Gasteiger partial charge on any atom is 0.416 e. The summed E-state index contributed by atoms with van der Waals surface area (Å²) in [7, 11) is 0. The van der Waals surface area contributed by atoms with Gasteiger partial charge in [-0.15, -0.1) is 0 Å². The second-order valence-corrected chi connectivity index (χ2v) is 5.31. The number of hydrogen-bond donors (Lipinski definition) is 0. The Kier molecular flexibility index (Phi) is 4.82. The van der Waals surface area contributed by atoms with Crippen LogP contribution >= 0.6 is 0 Å². The van der Waals surface area contributed by atoms with E-state index in [1.807, 2.05) is 0 Å². The lowest BCUT2D eigenvalue weighted by molar-refractivity contribution is -0.387. The van der Waals surface area contributed by atoms with E-state index in [2.05, 4.69) is 0 Å². The van der Waals surface area contributed by atoms with Crippen LogP contribution in [0.3, 0.4) is 0 Å². The average molecular weight is 357 g/mol. The van der Waals surface area contributed by atoms with E-state index in [9.17, 15) is 32.9 Å². The fraction of sp³-hybridized carbons (Fsp3) is 0.333. The number of rotatable bonds is 4. The van der Waals surface area contributed by atoms with E-state index in [1.54, 1.807) is 6.92 Å². The summed E-state index contributed by atoms with van der Waals surface area (Å²) in [5, 5.41) is 11.2. The van der Waals surface area contributed by atoms with Crippen LogP contribution in [0, 0.1) is 17.0 Å². The van der Waals surface area contributed by atoms with E-state index in [0.29, 0.717) is 17.1 Å². The summed E-state index contributed by atoms with van der Waals surface area (Å²) >= 11 is 0. The molecule has 0 aliphatic heterocycles. The molecule has 2 rings (SSSR count). The average Bonchev–Trinajstić information content (AvgIpc) is 2.50. The first kappa shape index (κ1) is 18.4. The first-order valence-corrected chi connectivity index (χ1v) is 7.28. The zero-order valence-electron chi connectivity index (χ0n) is 13.3. The number of halogens is 3. The largest absolute Gasteiger partial charge is 0.416 e. The summed E-state index contributed by atoms with van der Waals surface area (Å²) in [6.45, 7) is 2.72. The predicted octanol–water partition coefficient (Wildman–Crippen LogP) is 2.64. The maximum atomic E-state index is 12.9. The van der Waals surface area contributed by atoms with E-state index >= 15 is 0 Å². The topological polar surface area (TPSA) is 87.1 Å². The number of aromatic nitrogens is 2. The summed E-state index contributed by atoms with van der Waals surface area (Å²) in [6.07, 6.45) is -4.30. The third kappa shape index (κ3) is 3.32. The van der Waals surface area contributed by atoms with Crippen LogP contribution in [0.5, 0.6) is 0 Å². The Morgan fingerprint density at radius 1 is 1.24 bits per heavy atom. The van der Waals surface area contributed by atoms with Gasteiger partial charge in [0.1, 0.15) is 5.69 Å². The fourth-order valence-corrected chi connectivity index (χ4v) is 2.50. The van der Waals surface area contributed by atoms with Gasteiger partial charge in [0.05, 0.1) is 16.2 Å². The minimum absolute atomic E-state index is 0.0856. The molecule has 0 saturated carbocycles. The summed E-state index contributed by atoms with van der Waals surface area (Å²) in [5.74, 6) is 0. The van der Waals surface area contributed by atoms with Gasteiger partial charge in [-0.1, -0.05) is 13.0 Å². The Balaban J connectivity index is 2.89. The van der Waals surface area contributed by atoms with Crippen LogP contribution in [0.25, 0.3) is 5.69 Å². The third-order valence-corrected chi connectivity index (χ3v) is 3.61. The fourth-order valence-electron chi connectivity index (χ4n) is 2.50. The van der Waals surface area contributed by atoms with Crippen LogP contribution in [-0.4, -0.2) is 14.1 Å². The molecule has 1 aromatic carbocycles. The molecular formula is C15H14F3N3O4. The van der Waals surface area contributed by atoms with Gasteiger partial charge < -0.3 is 0 Å². The van der Waals surface area contributed by atoms with Crippen molar-refractivity contribution in [3.63, 3.8) is 0 Å². The normalized spacial score (nSPS) is 11.6. The van der Waals surface area contributed by atoms with Gasteiger partial charge in [0.2, 0.25) is 0 Å². The Labute approximate surface area is 139 Å². The van der Waals surface area contributed by atoms with E-state index in [-0.39, 0.29) is 17.9 Å². The molecule has 1 heterocycles. The third-order valence-electron chi connectivity index (χ3n) is 3.61. The second-order valence-electron chi connectivity index (χ2n) is 5.31. The van der Waals surface area contributed by atoms with Gasteiger partial charge in [-0.25, -0.2) is 4.79 Å². The highest BCUT2D eigenvalue weighted by molar-refractivity contribution is 5.43. The summed E-state index contributed by atoms with van der Waals surface area (Å²) < 4.78 is 40.1. The van der Waals surface area contributed by atoms with Crippen LogP contribution in [0.4, 0.5) is 18.9 Å². The number of hydrogen-bond acceptors (Lipinski definition) is 4. The Morgan fingerprint density at radius 3 is 2.40 bits per heavy atom. The summed E-state index contributed by atoms with van der Waals surface area (Å²) in [5.41, 5.74) is -4.37. The van der Waals surface area contributed by atoms with Crippen molar-refractivity contribution in [1.82, 2.24) is 9.13 Å². The van der Waals surface area contributed by atoms with Crippen LogP contribution in [-0.2, 0) is 12.7 Å². The molecule has 0 aliphatic carbocycles. The van der Waals surface area contributed by atoms with Crippen molar-refractivity contribution in [1.29, 1.82) is 0 Å². The zero-order valence-corrected chi connectivity index (χ0v) is 13.3. The molecule has 0 fully saturated rings. The molecule has 134 valence electrons. The van der Waals surface area contributed by atoms with Crippen molar-refractivity contribution < 1.29 is 18.1 Å². The lowest BCUT2D eigenvalue weighted by Crippen LogP contribution is -2.41. The Bertz CT molecular complexity index is 945. The Hall–Kier alpha value is -2.91. The number of nitrogens with zero attached hydrogens (tertiary/aromatic N) is 3. The molecule has 0 aliphatic rings. The van der Waals surface area contributed by atoms with E-state index in [0.717, 1.165) is 23.6 Å². The molecule has 25 heavy (non-hydrogen) atoms. The van der Waals surface area contributed by atoms with E-state index in [1.165, 1.54) is 6.07 Å². The molecule has 2 aromatic rings. The predicted molar refractivity (Wildman–Crippen MR) is 83.0 cm³/mol. The highest BCUT2D eigenvalue weighted by Crippen LogP contribution is 2.30. The number of nitro groups is 1. The van der Waals surface area contributed by atoms with Gasteiger partial charge >= 0.3 is 23.1 Å². The molecule has 0 unspecified atom stereocenters. The highest BCUT2D eigenvalue weighted by atomic mass is 19.4. The van der Waals surface area contributed by atoms with Crippen molar-refractivity contribution in [3.8, 4) is 5.69 Å². The quantitative estimate of drug-likeness (QED) is 0.622. The van der Waals surface area contributed by atoms with Crippen molar-refractivity contribution in [2.75, 3.05) is 0 Å². The maximum absolute atomic E-state index is 12.9. The molecular weight excluding hydrogens is 343 g/mol. The van der Waals surface area contributed by atoms with E-state index < -0.39 is 33.6 Å². The van der Waals surface area contributed by atoms with Gasteiger partial charge in [0.25, 0.3) is 0 Å². The van der Waals surface area contributed by atoms with Crippen LogP contribution < -0.4 is 11.2 Å². The molecule has 0 N–H and O–H groups in total. The van der Waals surface area contributed by atoms with E-state index in [4.69, 9.17) is 0 Å². The molecule has 0 spiro atoms. The lowest BCUT2D eigenvalue weighted by Gasteiger charge is -2.15. The zero-order chi connectivity index (χ0) is 18.9. The summed E-state index contributed by atoms with van der Waals surface area (Å²) in [6, 6.07) is 3.83. The molecule has 7 nitrogen and oxygen atoms in total. The standard InChI is InChI=1S/C15H14F3N3O4/c1-3-7-19-13(22)12(21(24)25)9(2)20(14(19)23)11-6-4-5-10(8-11)15(16,17)18/h4-6,8H,3,7H2,1-2H3. The minimum atomic E-state index is -4.64. The SMILES string of the molecule is CCCn1c(=O)c([N+](=O)[O-])c(C)n(-c2cccc(C(F)(F)F)c2)c1=O. The number of benzene rings is 1. The van der Waals surface area contributed by atoms with Crippen molar-refractivity contribution >= 4 is 5.69 Å². The second kappa shape index (κ2) is 6.54. The van der Waals surface area contributed by atoms with Gasteiger partial charge in [-0.05, 0) is 31.5 Å². The van der Waals surface area contributed by atoms with Gasteiger partial charge in [0, 0.05) is 6.54 Å². The van der Waals surface area contributed by atoms with Gasteiger partial charge in [-0.3, -0.25) is 24.0 Å². The van der Waals surface area contributed by atoms with Crippen molar-refractivity contribution in [2.45, 2.75) is 33.0 Å². The molecule has 0 bridgehead atoms. The highest BCUT2D eigenvalue weighted by Gasteiger charge is 2.31. The number of alkyl halides is 3. The van der Waals surface area contributed by atoms with Crippen LogP contribution in [0.2, 0.25) is 0 Å². The first-order valence-electron chi connectivity index (χ1n) is 7.28. The molecule has 0 radical (unpaired) electrons. The molecule has 10 heteroatoms. The van der Waals surface area contributed by atoms with Gasteiger partial charge in [-0.2, -0.15) is 13.2 Å². The minimum Gasteiger partial charge on any atom is -0.261 e. The van der Waals surface area contributed by atoms with Crippen molar-refractivity contribution in [2.24, 2.45) is 0 Å². The van der Waals surface area contributed by atoms with Gasteiger partial charge in [0.15, 0.2) is 0 Å². The smallest absolute Gasteiger partial charge is 0.261 e. The molecule has 0 amide bonds. The van der Waals surface area contributed by atoms with Crippen LogP contribution in [0.15, 0.2) is 33.9 Å². The van der Waals surface area contributed by atoms with Crippen LogP contribution in [0.1, 0.15) is 24.6 Å². The monoisotopic (exact) mass is 357 g/mol. The first-order chi connectivity index (χ1) is 11.6. The molecule has 1 aromatic heterocycles. The lowest BCUT2D eigenvalue weighted by atomic mass is 10.2. The Morgan fingerprint density at radius 2 is 1.88 bits per heavy atom. The summed E-state index contributed by atoms with van der Waals surface area (Å²) in [4.78, 5) is 35.0. The molecule has 0 saturated heterocycles. The molecule has 0 atom stereocenters.